The van der Waals surface area contributed by atoms with Crippen LogP contribution >= 0.6 is 0 Å². The molecule has 0 saturated carbocycles. The average Bonchev–Trinajstić information content (AvgIpc) is 2.39. The van der Waals surface area contributed by atoms with Gasteiger partial charge in [-0.1, -0.05) is 18.2 Å². The number of para-hydroxylation sites is 1. The number of benzene rings is 1. The second-order valence-electron chi connectivity index (χ2n) is 4.03. The Labute approximate surface area is 105 Å². The highest BCUT2D eigenvalue weighted by Gasteiger charge is 2.30. The standard InChI is InChI=1S/C13H14N2O3/c1-10(12(16)17)14-8-5-9-15(13(14)18)11-6-3-2-4-7-11/h2-8,10H,9H2,1H3,(H,16,17). The predicted molar refractivity (Wildman–Crippen MR) is 67.3 cm³/mol. The number of aliphatic carboxylic acids is 1. The van der Waals surface area contributed by atoms with Gasteiger partial charge in [0, 0.05) is 18.4 Å². The van der Waals surface area contributed by atoms with E-state index in [1.165, 1.54) is 18.0 Å². The minimum absolute atomic E-state index is 0.321. The normalized spacial score (nSPS) is 16.8. The van der Waals surface area contributed by atoms with E-state index in [4.69, 9.17) is 5.11 Å². The first-order valence-electron chi connectivity index (χ1n) is 5.65. The summed E-state index contributed by atoms with van der Waals surface area (Å²) in [5.41, 5.74) is 0.759. The fraction of sp³-hybridized carbons (Fsp3) is 0.231. The van der Waals surface area contributed by atoms with Gasteiger partial charge >= 0.3 is 12.0 Å². The molecule has 18 heavy (non-hydrogen) atoms. The van der Waals surface area contributed by atoms with Crippen molar-refractivity contribution in [3.63, 3.8) is 0 Å². The number of rotatable bonds is 3. The van der Waals surface area contributed by atoms with Gasteiger partial charge in [0.15, 0.2) is 0 Å². The molecule has 0 bridgehead atoms. The first-order valence-corrected chi connectivity index (χ1v) is 5.65. The van der Waals surface area contributed by atoms with Gasteiger partial charge in [-0.3, -0.25) is 9.80 Å². The molecule has 0 saturated heterocycles. The van der Waals surface area contributed by atoms with Crippen LogP contribution in [0.2, 0.25) is 0 Å². The number of carboxylic acids is 1. The van der Waals surface area contributed by atoms with E-state index in [1.54, 1.807) is 11.0 Å². The van der Waals surface area contributed by atoms with Crippen LogP contribution in [0, 0.1) is 0 Å². The van der Waals surface area contributed by atoms with E-state index in [-0.39, 0.29) is 6.03 Å². The number of carbonyl (C=O) groups excluding carboxylic acids is 1. The highest BCUT2D eigenvalue weighted by Crippen LogP contribution is 2.19. The molecule has 1 unspecified atom stereocenters. The minimum atomic E-state index is -1.03. The molecule has 1 aromatic carbocycles. The lowest BCUT2D eigenvalue weighted by Gasteiger charge is -2.33. The van der Waals surface area contributed by atoms with Gasteiger partial charge in [0.05, 0.1) is 0 Å². The summed E-state index contributed by atoms with van der Waals surface area (Å²) in [6, 6.07) is 7.99. The summed E-state index contributed by atoms with van der Waals surface area (Å²) in [7, 11) is 0. The van der Waals surface area contributed by atoms with Crippen LogP contribution in [-0.2, 0) is 4.79 Å². The molecule has 2 rings (SSSR count). The van der Waals surface area contributed by atoms with E-state index in [1.807, 2.05) is 30.3 Å². The third kappa shape index (κ3) is 2.20. The van der Waals surface area contributed by atoms with Gasteiger partial charge < -0.3 is 5.11 Å². The highest BCUT2D eigenvalue weighted by atomic mass is 16.4. The molecule has 94 valence electrons. The summed E-state index contributed by atoms with van der Waals surface area (Å²) in [6.07, 6.45) is 3.30. The molecule has 1 aliphatic rings. The van der Waals surface area contributed by atoms with Crippen molar-refractivity contribution in [2.75, 3.05) is 11.4 Å². The topological polar surface area (TPSA) is 60.9 Å². The molecule has 5 heteroatoms. The summed E-state index contributed by atoms with van der Waals surface area (Å²) >= 11 is 0. The molecule has 1 aromatic rings. The van der Waals surface area contributed by atoms with Crippen LogP contribution in [0.4, 0.5) is 10.5 Å². The van der Waals surface area contributed by atoms with Crippen LogP contribution in [0.3, 0.4) is 0 Å². The van der Waals surface area contributed by atoms with Crippen LogP contribution in [0.25, 0.3) is 0 Å². The monoisotopic (exact) mass is 246 g/mol. The summed E-state index contributed by atoms with van der Waals surface area (Å²) < 4.78 is 0. The second kappa shape index (κ2) is 4.91. The maximum atomic E-state index is 12.2. The minimum Gasteiger partial charge on any atom is -0.480 e. The number of hydrogen-bond donors (Lipinski definition) is 1. The van der Waals surface area contributed by atoms with Crippen molar-refractivity contribution >= 4 is 17.7 Å². The van der Waals surface area contributed by atoms with Gasteiger partial charge in [-0.25, -0.2) is 9.59 Å². The van der Waals surface area contributed by atoms with Crippen molar-refractivity contribution in [2.24, 2.45) is 0 Å². The highest BCUT2D eigenvalue weighted by molar-refractivity contribution is 5.96. The van der Waals surface area contributed by atoms with E-state index in [2.05, 4.69) is 0 Å². The largest absolute Gasteiger partial charge is 0.480 e. The predicted octanol–water partition coefficient (Wildman–Crippen LogP) is 1.92. The Bertz CT molecular complexity index is 484. The van der Waals surface area contributed by atoms with Crippen LogP contribution in [-0.4, -0.2) is 34.6 Å². The molecule has 0 aromatic heterocycles. The molecule has 0 fully saturated rings. The molecule has 0 radical (unpaired) electrons. The number of anilines is 1. The Hall–Kier alpha value is -2.30. The number of hydrogen-bond acceptors (Lipinski definition) is 2. The lowest BCUT2D eigenvalue weighted by atomic mass is 10.2. The third-order valence-electron chi connectivity index (χ3n) is 2.85. The molecule has 1 aliphatic heterocycles. The molecule has 1 atom stereocenters. The van der Waals surface area contributed by atoms with Crippen molar-refractivity contribution in [1.82, 2.24) is 4.90 Å². The van der Waals surface area contributed by atoms with E-state index in [0.29, 0.717) is 6.54 Å². The van der Waals surface area contributed by atoms with Crippen LogP contribution in [0.5, 0.6) is 0 Å². The van der Waals surface area contributed by atoms with E-state index in [9.17, 15) is 9.59 Å². The molecule has 2 amide bonds. The fourth-order valence-electron chi connectivity index (χ4n) is 1.78. The molecular weight excluding hydrogens is 232 g/mol. The summed E-state index contributed by atoms with van der Waals surface area (Å²) in [5.74, 6) is -1.03. The number of urea groups is 1. The van der Waals surface area contributed by atoms with Gasteiger partial charge in [-0.15, -0.1) is 0 Å². The number of carboxylic acid groups (broad SMARTS) is 1. The second-order valence-corrected chi connectivity index (χ2v) is 4.03. The molecule has 1 heterocycles. The Morgan fingerprint density at radius 1 is 1.33 bits per heavy atom. The van der Waals surface area contributed by atoms with Gasteiger partial charge in [-0.2, -0.15) is 0 Å². The zero-order valence-corrected chi connectivity index (χ0v) is 9.98. The maximum Gasteiger partial charge on any atom is 0.329 e. The molecular formula is C13H14N2O3. The zero-order valence-electron chi connectivity index (χ0n) is 9.98. The Kier molecular flexibility index (Phi) is 3.32. The van der Waals surface area contributed by atoms with Gasteiger partial charge in [-0.05, 0) is 25.1 Å². The van der Waals surface area contributed by atoms with E-state index < -0.39 is 12.0 Å². The number of carbonyl (C=O) groups is 2. The van der Waals surface area contributed by atoms with Crippen molar-refractivity contribution in [3.8, 4) is 0 Å². The molecule has 0 spiro atoms. The zero-order chi connectivity index (χ0) is 13.1. The van der Waals surface area contributed by atoms with Crippen molar-refractivity contribution in [2.45, 2.75) is 13.0 Å². The van der Waals surface area contributed by atoms with Crippen LogP contribution in [0.15, 0.2) is 42.6 Å². The van der Waals surface area contributed by atoms with Crippen molar-refractivity contribution in [3.05, 3.63) is 42.6 Å². The SMILES string of the molecule is CC(C(=O)O)N1C=CCN(c2ccccc2)C1=O. The first kappa shape index (κ1) is 12.2. The van der Waals surface area contributed by atoms with E-state index in [0.717, 1.165) is 5.69 Å². The first-order chi connectivity index (χ1) is 8.61. The lowest BCUT2D eigenvalue weighted by molar-refractivity contribution is -0.140. The van der Waals surface area contributed by atoms with E-state index >= 15 is 0 Å². The van der Waals surface area contributed by atoms with Gasteiger partial charge in [0.1, 0.15) is 6.04 Å². The maximum absolute atomic E-state index is 12.2. The van der Waals surface area contributed by atoms with Gasteiger partial charge in [0.2, 0.25) is 0 Å². The molecule has 1 N–H and O–H groups in total. The Balaban J connectivity index is 2.25. The van der Waals surface area contributed by atoms with Crippen molar-refractivity contribution < 1.29 is 14.7 Å². The molecule has 5 nitrogen and oxygen atoms in total. The lowest BCUT2D eigenvalue weighted by Crippen LogP contribution is -2.49. The summed E-state index contributed by atoms with van der Waals surface area (Å²) in [4.78, 5) is 25.9. The smallest absolute Gasteiger partial charge is 0.329 e. The van der Waals surface area contributed by atoms with Crippen molar-refractivity contribution in [1.29, 1.82) is 0 Å². The Morgan fingerprint density at radius 2 is 2.00 bits per heavy atom. The third-order valence-corrected chi connectivity index (χ3v) is 2.85. The number of amides is 2. The summed E-state index contributed by atoms with van der Waals surface area (Å²) in [6.45, 7) is 1.94. The summed E-state index contributed by atoms with van der Waals surface area (Å²) in [5, 5.41) is 8.96. The average molecular weight is 246 g/mol. The fourth-order valence-corrected chi connectivity index (χ4v) is 1.78. The van der Waals surface area contributed by atoms with Gasteiger partial charge in [0.25, 0.3) is 0 Å². The van der Waals surface area contributed by atoms with Crippen LogP contribution < -0.4 is 4.90 Å². The molecule has 0 aliphatic carbocycles. The van der Waals surface area contributed by atoms with Crippen LogP contribution in [0.1, 0.15) is 6.92 Å². The number of nitrogens with zero attached hydrogens (tertiary/aromatic N) is 2. The quantitative estimate of drug-likeness (QED) is 0.886. The Morgan fingerprint density at radius 3 is 2.61 bits per heavy atom.